The highest BCUT2D eigenvalue weighted by Crippen LogP contribution is 2.24. The first-order valence-electron chi connectivity index (χ1n) is 11.0. The standard InChI is InChI=1S/C27H20N6O/c1-17-12-14-19(15-13-17)16-28-33-25-23(24-26(33)31-22-11-7-6-10-21(22)30-24)27(34)32(18(2)29-25)20-8-4-3-5-9-20/h3-16H,1-2H3/p+1. The lowest BCUT2D eigenvalue weighted by Gasteiger charge is -2.04. The lowest BCUT2D eigenvalue weighted by Crippen LogP contribution is -2.30. The normalized spacial score (nSPS) is 11.8. The van der Waals surface area contributed by atoms with Gasteiger partial charge in [-0.15, -0.1) is 9.78 Å². The van der Waals surface area contributed by atoms with Crippen LogP contribution in [0, 0.1) is 13.8 Å². The Morgan fingerprint density at radius 2 is 1.53 bits per heavy atom. The first-order chi connectivity index (χ1) is 16.6. The Balaban J connectivity index is 1.70. The minimum Gasteiger partial charge on any atom is -0.249 e. The number of hydrogen-bond donors (Lipinski definition) is 0. The van der Waals surface area contributed by atoms with E-state index in [1.165, 1.54) is 5.56 Å². The summed E-state index contributed by atoms with van der Waals surface area (Å²) in [6.45, 7) is 3.92. The molecule has 0 aliphatic carbocycles. The molecule has 0 aliphatic rings. The third kappa shape index (κ3) is 3.17. The molecule has 0 amide bonds. The Bertz CT molecular complexity index is 1780. The highest BCUT2D eigenvalue weighted by molar-refractivity contribution is 6.04. The van der Waals surface area contributed by atoms with Crippen LogP contribution in [0.3, 0.4) is 0 Å². The fourth-order valence-electron chi connectivity index (χ4n) is 4.22. The van der Waals surface area contributed by atoms with E-state index in [-0.39, 0.29) is 5.56 Å². The Labute approximate surface area is 194 Å². The van der Waals surface area contributed by atoms with Gasteiger partial charge in [0.1, 0.15) is 11.2 Å². The molecule has 3 aromatic heterocycles. The van der Waals surface area contributed by atoms with Gasteiger partial charge in [-0.05, 0) is 36.8 Å². The SMILES string of the molecule is Cc1ccc(C=Nn2c3nc4ccccc4nc3c3c(=O)n(-c4ccccc4)c(C)[nH+]c32)cc1. The fourth-order valence-corrected chi connectivity index (χ4v) is 4.22. The number of aryl methyl sites for hydroxylation is 2. The average Bonchev–Trinajstić information content (AvgIpc) is 3.15. The Kier molecular flexibility index (Phi) is 4.55. The summed E-state index contributed by atoms with van der Waals surface area (Å²) in [5, 5.41) is 5.17. The number of nitrogens with one attached hydrogen (secondary N) is 1. The van der Waals surface area contributed by atoms with Crippen molar-refractivity contribution in [2.24, 2.45) is 5.10 Å². The summed E-state index contributed by atoms with van der Waals surface area (Å²) in [6.07, 6.45) is 1.76. The van der Waals surface area contributed by atoms with Crippen LogP contribution in [0.15, 0.2) is 88.8 Å². The first kappa shape index (κ1) is 20.0. The van der Waals surface area contributed by atoms with Gasteiger partial charge in [0.15, 0.2) is 5.39 Å². The van der Waals surface area contributed by atoms with Crippen molar-refractivity contribution in [2.75, 3.05) is 0 Å². The summed E-state index contributed by atoms with van der Waals surface area (Å²) in [7, 11) is 0. The van der Waals surface area contributed by atoms with E-state index in [1.807, 2.05) is 92.7 Å². The van der Waals surface area contributed by atoms with E-state index >= 15 is 0 Å². The number of rotatable bonds is 3. The van der Waals surface area contributed by atoms with E-state index in [0.717, 1.165) is 22.3 Å². The van der Waals surface area contributed by atoms with Gasteiger partial charge < -0.3 is 0 Å². The molecule has 7 heteroatoms. The van der Waals surface area contributed by atoms with Crippen LogP contribution in [-0.2, 0) is 0 Å². The van der Waals surface area contributed by atoms with Crippen molar-refractivity contribution in [1.82, 2.24) is 19.2 Å². The number of H-pyrrole nitrogens is 1. The van der Waals surface area contributed by atoms with E-state index < -0.39 is 0 Å². The van der Waals surface area contributed by atoms with Gasteiger partial charge in [0.2, 0.25) is 11.5 Å². The minimum atomic E-state index is -0.170. The van der Waals surface area contributed by atoms with Gasteiger partial charge in [-0.3, -0.25) is 0 Å². The zero-order valence-electron chi connectivity index (χ0n) is 18.7. The number of hydrogen-bond acceptors (Lipinski definition) is 4. The van der Waals surface area contributed by atoms with Crippen molar-refractivity contribution in [3.8, 4) is 5.69 Å². The average molecular weight is 446 g/mol. The minimum absolute atomic E-state index is 0.170. The molecule has 0 radical (unpaired) electrons. The molecule has 1 N–H and O–H groups in total. The van der Waals surface area contributed by atoms with Crippen molar-refractivity contribution in [1.29, 1.82) is 0 Å². The van der Waals surface area contributed by atoms with E-state index in [0.29, 0.717) is 28.0 Å². The Morgan fingerprint density at radius 1 is 0.853 bits per heavy atom. The fraction of sp³-hybridized carbons (Fsp3) is 0.0741. The maximum atomic E-state index is 13.8. The van der Waals surface area contributed by atoms with E-state index in [9.17, 15) is 4.79 Å². The topological polar surface area (TPSA) is 79.2 Å². The molecule has 3 heterocycles. The molecule has 34 heavy (non-hydrogen) atoms. The van der Waals surface area contributed by atoms with Crippen LogP contribution in [0.1, 0.15) is 17.0 Å². The Hall–Kier alpha value is -4.65. The monoisotopic (exact) mass is 445 g/mol. The molecule has 0 spiro atoms. The maximum absolute atomic E-state index is 13.8. The summed E-state index contributed by atoms with van der Waals surface area (Å²) in [5.74, 6) is 0.683. The van der Waals surface area contributed by atoms with Gasteiger partial charge in [0.25, 0.3) is 5.65 Å². The largest absolute Gasteiger partial charge is 0.327 e. The number of para-hydroxylation sites is 3. The molecule has 6 rings (SSSR count). The van der Waals surface area contributed by atoms with Crippen molar-refractivity contribution in [3.05, 3.63) is 106 Å². The number of aromatic nitrogens is 5. The summed E-state index contributed by atoms with van der Waals surface area (Å²) >= 11 is 0. The quantitative estimate of drug-likeness (QED) is 0.383. The van der Waals surface area contributed by atoms with Crippen LogP contribution in [0.4, 0.5) is 0 Å². The van der Waals surface area contributed by atoms with Crippen molar-refractivity contribution >= 4 is 39.4 Å². The zero-order valence-corrected chi connectivity index (χ0v) is 18.7. The molecule has 0 fully saturated rings. The van der Waals surface area contributed by atoms with Gasteiger partial charge in [-0.2, -0.15) is 4.57 Å². The lowest BCUT2D eigenvalue weighted by molar-refractivity contribution is -0.366. The van der Waals surface area contributed by atoms with Crippen molar-refractivity contribution in [2.45, 2.75) is 13.8 Å². The number of aromatic amines is 1. The molecule has 0 unspecified atom stereocenters. The van der Waals surface area contributed by atoms with Crippen molar-refractivity contribution < 1.29 is 4.98 Å². The van der Waals surface area contributed by atoms with E-state index in [2.05, 4.69) is 4.98 Å². The van der Waals surface area contributed by atoms with Crippen LogP contribution in [-0.4, -0.2) is 25.4 Å². The van der Waals surface area contributed by atoms with Crippen LogP contribution in [0.25, 0.3) is 38.9 Å². The number of benzene rings is 3. The highest BCUT2D eigenvalue weighted by atomic mass is 16.1. The third-order valence-corrected chi connectivity index (χ3v) is 5.90. The summed E-state index contributed by atoms with van der Waals surface area (Å²) in [5.41, 5.74) is 5.80. The molecule has 3 aromatic carbocycles. The van der Waals surface area contributed by atoms with E-state index in [4.69, 9.17) is 15.1 Å². The lowest BCUT2D eigenvalue weighted by atomic mass is 10.2. The zero-order chi connectivity index (χ0) is 23.2. The molecule has 0 saturated carbocycles. The molecular formula is C27H21N6O+. The summed E-state index contributed by atoms with van der Waals surface area (Å²) in [6, 6.07) is 25.3. The van der Waals surface area contributed by atoms with Crippen LogP contribution >= 0.6 is 0 Å². The highest BCUT2D eigenvalue weighted by Gasteiger charge is 2.26. The van der Waals surface area contributed by atoms with Gasteiger partial charge >= 0.3 is 5.56 Å². The van der Waals surface area contributed by atoms with Crippen LogP contribution < -0.4 is 10.5 Å². The molecule has 0 atom stereocenters. The summed E-state index contributed by atoms with van der Waals surface area (Å²) < 4.78 is 3.33. The van der Waals surface area contributed by atoms with Crippen molar-refractivity contribution in [3.63, 3.8) is 0 Å². The van der Waals surface area contributed by atoms with E-state index in [1.54, 1.807) is 15.5 Å². The van der Waals surface area contributed by atoms with Gasteiger partial charge in [-0.1, -0.05) is 60.2 Å². The second kappa shape index (κ2) is 7.74. The van der Waals surface area contributed by atoms with Gasteiger partial charge in [-0.25, -0.2) is 19.7 Å². The van der Waals surface area contributed by atoms with Gasteiger partial charge in [0.05, 0.1) is 17.2 Å². The predicted octanol–water partition coefficient (Wildman–Crippen LogP) is 4.20. The second-order valence-corrected chi connectivity index (χ2v) is 8.26. The van der Waals surface area contributed by atoms with Gasteiger partial charge in [0, 0.05) is 6.92 Å². The molecule has 7 nitrogen and oxygen atoms in total. The molecule has 0 aliphatic heterocycles. The number of nitrogens with zero attached hydrogens (tertiary/aromatic N) is 5. The molecular weight excluding hydrogens is 424 g/mol. The summed E-state index contributed by atoms with van der Waals surface area (Å²) in [4.78, 5) is 26.9. The van der Waals surface area contributed by atoms with Crippen LogP contribution in [0.5, 0.6) is 0 Å². The van der Waals surface area contributed by atoms with Crippen LogP contribution in [0.2, 0.25) is 0 Å². The molecule has 0 bridgehead atoms. The molecule has 6 aromatic rings. The first-order valence-corrected chi connectivity index (χ1v) is 11.0. The third-order valence-electron chi connectivity index (χ3n) is 5.90. The second-order valence-electron chi connectivity index (χ2n) is 8.26. The number of fused-ring (bicyclic) bond motifs is 4. The maximum Gasteiger partial charge on any atom is 0.327 e. The molecule has 164 valence electrons. The molecule has 0 saturated heterocycles. The smallest absolute Gasteiger partial charge is 0.249 e. The predicted molar refractivity (Wildman–Crippen MR) is 134 cm³/mol. The Morgan fingerprint density at radius 3 is 2.26 bits per heavy atom.